The Labute approximate surface area is 181 Å². The lowest BCUT2D eigenvalue weighted by Gasteiger charge is -2.20. The molecule has 0 fully saturated rings. The Morgan fingerprint density at radius 3 is 2.47 bits per heavy atom. The molecule has 3 aromatic heterocycles. The van der Waals surface area contributed by atoms with Crippen molar-refractivity contribution in [1.82, 2.24) is 25.1 Å². The van der Waals surface area contributed by atoms with E-state index in [-0.39, 0.29) is 29.7 Å². The number of nitrogens with zero attached hydrogens (tertiary/aromatic N) is 4. The normalized spacial score (nSPS) is 13.1. The highest BCUT2D eigenvalue weighted by molar-refractivity contribution is 5.85. The van der Waals surface area contributed by atoms with Crippen LogP contribution < -0.4 is 4.74 Å². The van der Waals surface area contributed by atoms with Gasteiger partial charge in [-0.1, -0.05) is 5.16 Å². The molecule has 0 amide bonds. The number of H-pyrrole nitrogens is 1. The number of ether oxygens (including phenoxy) is 1. The number of aromatic nitrogens is 5. The van der Waals surface area contributed by atoms with Gasteiger partial charge in [0.05, 0.1) is 17.4 Å². The van der Waals surface area contributed by atoms with E-state index in [1.54, 1.807) is 6.07 Å². The topological polar surface area (TPSA) is 89.7 Å². The molecule has 14 heteroatoms. The van der Waals surface area contributed by atoms with Crippen LogP contribution in [0.5, 0.6) is 5.75 Å². The molecule has 1 aromatic carbocycles. The fraction of sp³-hybridized carbons (Fsp3) is 0.222. The second-order valence-corrected chi connectivity index (χ2v) is 6.43. The van der Waals surface area contributed by atoms with Crippen molar-refractivity contribution in [2.45, 2.75) is 25.4 Å². The van der Waals surface area contributed by atoms with Crippen molar-refractivity contribution in [2.24, 2.45) is 0 Å². The minimum atomic E-state index is -4.98. The maximum atomic E-state index is 13.4. The Bertz CT molecular complexity index is 1240. The minimum absolute atomic E-state index is 0. The summed E-state index contributed by atoms with van der Waals surface area (Å²) in [4.78, 5) is 14.9. The molecule has 7 nitrogen and oxygen atoms in total. The molecule has 1 unspecified atom stereocenters. The van der Waals surface area contributed by atoms with Crippen LogP contribution in [0.15, 0.2) is 41.3 Å². The number of nitrogens with one attached hydrogen (secondary N) is 1. The van der Waals surface area contributed by atoms with Crippen molar-refractivity contribution in [2.75, 3.05) is 0 Å². The van der Waals surface area contributed by atoms with Gasteiger partial charge < -0.3 is 14.2 Å². The number of rotatable bonds is 4. The molecule has 0 aliphatic rings. The standard InChI is InChI=1S/C18H11F6N5O2.ClH/c1-8(17(19,20)21)30-13-3-2-9(4-11(13)18(22,23)24)16-28-14(29-31-16)10-5-12-15(25-6-10)27-7-26-12;/h2-8H,1H3,(H,25,26,27);1H. The van der Waals surface area contributed by atoms with Gasteiger partial charge in [0.2, 0.25) is 5.82 Å². The zero-order valence-electron chi connectivity index (χ0n) is 15.8. The molecule has 0 saturated carbocycles. The molecule has 0 bridgehead atoms. The number of fused-ring (bicyclic) bond motifs is 1. The van der Waals surface area contributed by atoms with E-state index in [2.05, 4.69) is 29.8 Å². The summed E-state index contributed by atoms with van der Waals surface area (Å²) in [7, 11) is 0. The molecule has 32 heavy (non-hydrogen) atoms. The maximum Gasteiger partial charge on any atom is 0.425 e. The fourth-order valence-corrected chi connectivity index (χ4v) is 2.65. The van der Waals surface area contributed by atoms with Crippen LogP contribution in [0, 0.1) is 0 Å². The lowest BCUT2D eigenvalue weighted by atomic mass is 10.1. The third kappa shape index (κ3) is 4.61. The van der Waals surface area contributed by atoms with Gasteiger partial charge in [0.1, 0.15) is 5.75 Å². The summed E-state index contributed by atoms with van der Waals surface area (Å²) in [5.74, 6) is -1.17. The van der Waals surface area contributed by atoms with E-state index in [9.17, 15) is 26.3 Å². The Hall–Kier alpha value is -3.35. The summed E-state index contributed by atoms with van der Waals surface area (Å²) in [5.41, 5.74) is -0.0914. The molecule has 4 rings (SSSR count). The third-order valence-corrected chi connectivity index (χ3v) is 4.25. The van der Waals surface area contributed by atoms with Crippen LogP contribution in [-0.2, 0) is 6.18 Å². The van der Waals surface area contributed by atoms with E-state index in [4.69, 9.17) is 4.52 Å². The van der Waals surface area contributed by atoms with Crippen molar-refractivity contribution < 1.29 is 35.6 Å². The molecule has 0 spiro atoms. The molecule has 170 valence electrons. The van der Waals surface area contributed by atoms with Gasteiger partial charge in [0, 0.05) is 17.3 Å². The zero-order chi connectivity index (χ0) is 22.4. The SMILES string of the molecule is CC(Oc1ccc(-c2nc(-c3cnc4nc[nH]c4c3)no2)cc1C(F)(F)F)C(F)(F)F.Cl. The van der Waals surface area contributed by atoms with Crippen LogP contribution >= 0.6 is 12.4 Å². The molecule has 0 radical (unpaired) electrons. The van der Waals surface area contributed by atoms with Crippen molar-refractivity contribution in [3.63, 3.8) is 0 Å². The first-order chi connectivity index (χ1) is 14.5. The smallest absolute Gasteiger partial charge is 0.425 e. The maximum absolute atomic E-state index is 13.4. The molecule has 4 aromatic rings. The monoisotopic (exact) mass is 479 g/mol. The van der Waals surface area contributed by atoms with Gasteiger partial charge in [-0.3, -0.25) is 0 Å². The molecular weight excluding hydrogens is 468 g/mol. The van der Waals surface area contributed by atoms with Crippen molar-refractivity contribution in [3.8, 4) is 28.6 Å². The first kappa shape index (κ1) is 23.3. The van der Waals surface area contributed by atoms with E-state index >= 15 is 0 Å². The number of aromatic amines is 1. The summed E-state index contributed by atoms with van der Waals surface area (Å²) in [6.45, 7) is 0.614. The lowest BCUT2D eigenvalue weighted by molar-refractivity contribution is -0.191. The van der Waals surface area contributed by atoms with E-state index < -0.39 is 29.8 Å². The second kappa shape index (κ2) is 8.30. The molecule has 1 atom stereocenters. The van der Waals surface area contributed by atoms with Crippen molar-refractivity contribution in [1.29, 1.82) is 0 Å². The predicted molar refractivity (Wildman–Crippen MR) is 101 cm³/mol. The van der Waals surface area contributed by atoms with E-state index in [1.165, 1.54) is 12.5 Å². The van der Waals surface area contributed by atoms with Gasteiger partial charge in [-0.2, -0.15) is 31.3 Å². The van der Waals surface area contributed by atoms with Crippen molar-refractivity contribution >= 4 is 23.6 Å². The summed E-state index contributed by atoms with van der Waals surface area (Å²) < 4.78 is 87.9. The number of halogens is 7. The quantitative estimate of drug-likeness (QED) is 0.392. The summed E-state index contributed by atoms with van der Waals surface area (Å²) in [5, 5.41) is 3.73. The first-order valence-electron chi connectivity index (χ1n) is 8.60. The van der Waals surface area contributed by atoms with Gasteiger partial charge >= 0.3 is 12.4 Å². The molecule has 0 aliphatic heterocycles. The van der Waals surface area contributed by atoms with Crippen LogP contribution in [0.4, 0.5) is 26.3 Å². The van der Waals surface area contributed by atoms with Crippen molar-refractivity contribution in [3.05, 3.63) is 42.4 Å². The highest BCUT2D eigenvalue weighted by Crippen LogP contribution is 2.40. The summed E-state index contributed by atoms with van der Waals surface area (Å²) in [6, 6.07) is 4.09. The van der Waals surface area contributed by atoms with Gasteiger partial charge in [-0.05, 0) is 31.2 Å². The summed E-state index contributed by atoms with van der Waals surface area (Å²) >= 11 is 0. The molecule has 0 aliphatic carbocycles. The van der Waals surface area contributed by atoms with Crippen LogP contribution in [0.25, 0.3) is 34.0 Å². The van der Waals surface area contributed by atoms with Gasteiger partial charge in [0.25, 0.3) is 5.89 Å². The van der Waals surface area contributed by atoms with Crippen LogP contribution in [0.1, 0.15) is 12.5 Å². The Morgan fingerprint density at radius 1 is 1.03 bits per heavy atom. The van der Waals surface area contributed by atoms with E-state index in [1.807, 2.05) is 0 Å². The fourth-order valence-electron chi connectivity index (χ4n) is 2.65. The Kier molecular flexibility index (Phi) is 6.05. The van der Waals surface area contributed by atoms with Crippen LogP contribution in [0.2, 0.25) is 0 Å². The Balaban J connectivity index is 0.00000289. The molecule has 1 N–H and O–H groups in total. The average molecular weight is 480 g/mol. The number of hydrogen-bond acceptors (Lipinski definition) is 6. The average Bonchev–Trinajstić information content (AvgIpc) is 3.35. The first-order valence-corrected chi connectivity index (χ1v) is 8.60. The minimum Gasteiger partial charge on any atom is -0.481 e. The van der Waals surface area contributed by atoms with Gasteiger partial charge in [0.15, 0.2) is 11.8 Å². The second-order valence-electron chi connectivity index (χ2n) is 6.43. The molecule has 0 saturated heterocycles. The Morgan fingerprint density at radius 2 is 1.78 bits per heavy atom. The largest absolute Gasteiger partial charge is 0.481 e. The zero-order valence-corrected chi connectivity index (χ0v) is 16.6. The van der Waals surface area contributed by atoms with Crippen LogP contribution in [0.3, 0.4) is 0 Å². The number of imidazole rings is 1. The van der Waals surface area contributed by atoms with E-state index in [0.717, 1.165) is 12.1 Å². The van der Waals surface area contributed by atoms with Gasteiger partial charge in [-0.25, -0.2) is 9.97 Å². The molecule has 3 heterocycles. The number of benzene rings is 1. The highest BCUT2D eigenvalue weighted by Gasteiger charge is 2.41. The highest BCUT2D eigenvalue weighted by atomic mass is 35.5. The number of alkyl halides is 6. The lowest BCUT2D eigenvalue weighted by Crippen LogP contribution is -2.31. The summed E-state index contributed by atoms with van der Waals surface area (Å²) in [6.07, 6.45) is -9.39. The number of hydrogen-bond donors (Lipinski definition) is 1. The van der Waals surface area contributed by atoms with E-state index in [0.29, 0.717) is 29.7 Å². The predicted octanol–water partition coefficient (Wildman–Crippen LogP) is 5.45. The van der Waals surface area contributed by atoms with Crippen LogP contribution in [-0.4, -0.2) is 37.4 Å². The molecular formula is C18H12ClF6N5O2. The number of pyridine rings is 1. The third-order valence-electron chi connectivity index (χ3n) is 4.25. The van der Waals surface area contributed by atoms with Gasteiger partial charge in [-0.15, -0.1) is 12.4 Å².